The summed E-state index contributed by atoms with van der Waals surface area (Å²) < 4.78 is 0. The van der Waals surface area contributed by atoms with E-state index >= 15 is 0 Å². The number of hydrogen-bond donors (Lipinski definition) is 6. The molecule has 0 amide bonds. The van der Waals surface area contributed by atoms with Gasteiger partial charge in [-0.25, -0.2) is 9.59 Å². The van der Waals surface area contributed by atoms with Crippen molar-refractivity contribution in [2.75, 3.05) is 13.6 Å². The van der Waals surface area contributed by atoms with Crippen LogP contribution in [-0.2, 0) is 9.59 Å². The molecule has 0 aliphatic heterocycles. The van der Waals surface area contributed by atoms with Gasteiger partial charge in [-0.05, 0) is 24.7 Å². The number of phenols is 2. The highest BCUT2D eigenvalue weighted by Gasteiger charge is 2.08. The fraction of sp³-hybridized carbons (Fsp3) is 0.231. The molecule has 1 atom stereocenters. The summed E-state index contributed by atoms with van der Waals surface area (Å²) in [6, 6.07) is 4.26. The first-order chi connectivity index (χ1) is 9.77. The van der Waals surface area contributed by atoms with Crippen molar-refractivity contribution in [3.05, 3.63) is 35.9 Å². The Bertz CT molecular complexity index is 497. The van der Waals surface area contributed by atoms with E-state index in [2.05, 4.69) is 5.32 Å². The molecule has 0 aromatic heterocycles. The zero-order valence-corrected chi connectivity index (χ0v) is 11.2. The van der Waals surface area contributed by atoms with E-state index in [1.54, 1.807) is 13.1 Å². The number of aliphatic carboxylic acids is 2. The summed E-state index contributed by atoms with van der Waals surface area (Å²) in [5.74, 6) is -2.91. The second-order valence-corrected chi connectivity index (χ2v) is 3.83. The molecule has 1 rings (SSSR count). The van der Waals surface area contributed by atoms with Gasteiger partial charge in [0.25, 0.3) is 0 Å². The van der Waals surface area contributed by atoms with Gasteiger partial charge in [-0.3, -0.25) is 0 Å². The van der Waals surface area contributed by atoms with E-state index in [-0.39, 0.29) is 11.5 Å². The number of aromatic hydroxyl groups is 2. The number of carboxylic acids is 2. The van der Waals surface area contributed by atoms with E-state index in [4.69, 9.17) is 20.4 Å². The van der Waals surface area contributed by atoms with Crippen molar-refractivity contribution in [2.45, 2.75) is 6.10 Å². The molecule has 8 heteroatoms. The van der Waals surface area contributed by atoms with Crippen molar-refractivity contribution in [3.63, 3.8) is 0 Å². The average Bonchev–Trinajstić information content (AvgIpc) is 2.40. The molecule has 0 heterocycles. The van der Waals surface area contributed by atoms with Crippen LogP contribution in [0.2, 0.25) is 0 Å². The van der Waals surface area contributed by atoms with Crippen LogP contribution >= 0.6 is 0 Å². The third kappa shape index (κ3) is 8.24. The Balaban J connectivity index is 0.000000433. The maximum absolute atomic E-state index is 9.55. The van der Waals surface area contributed by atoms with Crippen molar-refractivity contribution in [1.29, 1.82) is 0 Å². The van der Waals surface area contributed by atoms with Crippen LogP contribution in [0.15, 0.2) is 30.4 Å². The van der Waals surface area contributed by atoms with Crippen LogP contribution in [0.5, 0.6) is 11.5 Å². The molecule has 1 aromatic rings. The first-order valence-corrected chi connectivity index (χ1v) is 5.76. The number of hydrogen-bond acceptors (Lipinski definition) is 6. The second kappa shape index (κ2) is 9.34. The SMILES string of the molecule is CNC[C@H](O)c1ccc(O)c(O)c1.O=C(O)/C=C\C(=O)O. The summed E-state index contributed by atoms with van der Waals surface area (Å²) in [5, 5.41) is 46.1. The predicted molar refractivity (Wildman–Crippen MR) is 73.1 cm³/mol. The Morgan fingerprint density at radius 2 is 1.67 bits per heavy atom. The van der Waals surface area contributed by atoms with E-state index in [1.807, 2.05) is 0 Å². The summed E-state index contributed by atoms with van der Waals surface area (Å²) in [5.41, 5.74) is 0.574. The molecule has 0 saturated carbocycles. The molecule has 0 saturated heterocycles. The van der Waals surface area contributed by atoms with Gasteiger partial charge in [0.1, 0.15) is 0 Å². The van der Waals surface area contributed by atoms with Crippen LogP contribution in [-0.4, -0.2) is 51.1 Å². The van der Waals surface area contributed by atoms with Gasteiger partial charge in [-0.15, -0.1) is 0 Å². The van der Waals surface area contributed by atoms with Crippen LogP contribution in [0.3, 0.4) is 0 Å². The number of nitrogens with one attached hydrogen (secondary N) is 1. The summed E-state index contributed by atoms with van der Waals surface area (Å²) >= 11 is 0. The number of benzene rings is 1. The van der Waals surface area contributed by atoms with Gasteiger partial charge in [0.2, 0.25) is 0 Å². The van der Waals surface area contributed by atoms with Gasteiger partial charge in [-0.1, -0.05) is 6.07 Å². The quantitative estimate of drug-likeness (QED) is 0.330. The highest BCUT2D eigenvalue weighted by molar-refractivity contribution is 5.89. The minimum atomic E-state index is -1.26. The Morgan fingerprint density at radius 1 is 1.14 bits per heavy atom. The lowest BCUT2D eigenvalue weighted by Gasteiger charge is -2.10. The third-order valence-electron chi connectivity index (χ3n) is 2.15. The second-order valence-electron chi connectivity index (χ2n) is 3.83. The van der Waals surface area contributed by atoms with Crippen LogP contribution in [0.1, 0.15) is 11.7 Å². The first kappa shape index (κ1) is 18.4. The molecule has 6 N–H and O–H groups in total. The fourth-order valence-electron chi connectivity index (χ4n) is 1.20. The molecule has 0 unspecified atom stereocenters. The van der Waals surface area contributed by atoms with Crippen LogP contribution in [0.4, 0.5) is 0 Å². The van der Waals surface area contributed by atoms with E-state index in [0.717, 1.165) is 0 Å². The van der Waals surface area contributed by atoms with Crippen molar-refractivity contribution in [1.82, 2.24) is 5.32 Å². The molecule has 8 nitrogen and oxygen atoms in total. The molecular weight excluding hydrogens is 282 g/mol. The Labute approximate surface area is 120 Å². The molecule has 21 heavy (non-hydrogen) atoms. The molecule has 0 radical (unpaired) electrons. The number of phenolic OH excluding ortho intramolecular Hbond substituents is 2. The Hall–Kier alpha value is -2.58. The lowest BCUT2D eigenvalue weighted by molar-refractivity contribution is -0.134. The van der Waals surface area contributed by atoms with Crippen molar-refractivity contribution >= 4 is 11.9 Å². The largest absolute Gasteiger partial charge is 0.504 e. The van der Waals surface area contributed by atoms with Gasteiger partial charge in [0, 0.05) is 18.7 Å². The van der Waals surface area contributed by atoms with Crippen molar-refractivity contribution < 1.29 is 35.1 Å². The maximum Gasteiger partial charge on any atom is 0.328 e. The van der Waals surface area contributed by atoms with Gasteiger partial charge < -0.3 is 30.8 Å². The number of rotatable bonds is 5. The summed E-state index contributed by atoms with van der Waals surface area (Å²) in [4.78, 5) is 19.1. The average molecular weight is 299 g/mol. The number of carboxylic acid groups (broad SMARTS) is 2. The molecule has 0 bridgehead atoms. The fourth-order valence-corrected chi connectivity index (χ4v) is 1.20. The summed E-state index contributed by atoms with van der Waals surface area (Å²) in [7, 11) is 1.73. The third-order valence-corrected chi connectivity index (χ3v) is 2.15. The van der Waals surface area contributed by atoms with Crippen LogP contribution in [0.25, 0.3) is 0 Å². The lowest BCUT2D eigenvalue weighted by atomic mass is 10.1. The molecule has 1 aromatic carbocycles. The van der Waals surface area contributed by atoms with Gasteiger partial charge >= 0.3 is 11.9 Å². The molecule has 0 aliphatic rings. The van der Waals surface area contributed by atoms with E-state index in [0.29, 0.717) is 24.3 Å². The molecule has 0 spiro atoms. The van der Waals surface area contributed by atoms with Gasteiger partial charge in [-0.2, -0.15) is 0 Å². The monoisotopic (exact) mass is 299 g/mol. The molecule has 0 fully saturated rings. The highest BCUT2D eigenvalue weighted by atomic mass is 16.4. The zero-order valence-electron chi connectivity index (χ0n) is 11.2. The normalized spacial score (nSPS) is 11.5. The number of carbonyl (C=O) groups is 2. The standard InChI is InChI=1S/C9H13NO3.C4H4O4/c1-10-5-9(13)6-2-3-7(11)8(12)4-6;5-3(6)1-2-4(7)8/h2-4,9-13H,5H2,1H3;1-2H,(H,5,6)(H,7,8)/b;2-1-/t9-;/m0./s1. The van der Waals surface area contributed by atoms with Crippen molar-refractivity contribution in [2.24, 2.45) is 0 Å². The molecule has 116 valence electrons. The summed E-state index contributed by atoms with van der Waals surface area (Å²) in [6.07, 6.45) is 0.446. The first-order valence-electron chi connectivity index (χ1n) is 5.76. The highest BCUT2D eigenvalue weighted by Crippen LogP contribution is 2.27. The minimum Gasteiger partial charge on any atom is -0.504 e. The zero-order chi connectivity index (χ0) is 16.4. The molecular formula is C13H17NO7. The maximum atomic E-state index is 9.55. The van der Waals surface area contributed by atoms with Gasteiger partial charge in [0.05, 0.1) is 6.10 Å². The van der Waals surface area contributed by atoms with E-state index in [9.17, 15) is 14.7 Å². The van der Waals surface area contributed by atoms with Gasteiger partial charge in [0.15, 0.2) is 11.5 Å². The van der Waals surface area contributed by atoms with Crippen LogP contribution < -0.4 is 5.32 Å². The van der Waals surface area contributed by atoms with Crippen LogP contribution in [0, 0.1) is 0 Å². The lowest BCUT2D eigenvalue weighted by Crippen LogP contribution is -2.16. The van der Waals surface area contributed by atoms with E-state index < -0.39 is 18.0 Å². The topological polar surface area (TPSA) is 147 Å². The molecule has 0 aliphatic carbocycles. The summed E-state index contributed by atoms with van der Waals surface area (Å²) in [6.45, 7) is 0.407. The van der Waals surface area contributed by atoms with Crippen molar-refractivity contribution in [3.8, 4) is 11.5 Å². The Kier molecular flexibility index (Phi) is 8.20. The number of aliphatic hydroxyl groups excluding tert-OH is 1. The van der Waals surface area contributed by atoms with E-state index in [1.165, 1.54) is 12.1 Å². The minimum absolute atomic E-state index is 0.180. The predicted octanol–water partition coefficient (Wildman–Crippen LogP) is 0.0624. The smallest absolute Gasteiger partial charge is 0.328 e. The number of likely N-dealkylation sites (N-methyl/N-ethyl adjacent to an activating group) is 1. The Morgan fingerprint density at radius 3 is 2.05 bits per heavy atom. The number of aliphatic hydroxyl groups is 1.